The molecule has 0 aliphatic rings. The lowest BCUT2D eigenvalue weighted by molar-refractivity contribution is -0.745. The van der Waals surface area contributed by atoms with E-state index in [1.165, 1.54) is 57.8 Å². The van der Waals surface area contributed by atoms with E-state index in [9.17, 15) is 9.90 Å². The molecule has 0 saturated carbocycles. The summed E-state index contributed by atoms with van der Waals surface area (Å²) in [6.45, 7) is 8.45. The standard InChI is InChI=1S/C18H37NO2/c1-5-7-8-9-10-11-12-13-14-15-18(3,4)19-16(6-2)17(20)21/h16,19H,5-15H2,1-4H3,(H,20,21). The molecule has 0 bridgehead atoms. The van der Waals surface area contributed by atoms with Crippen LogP contribution in [0.25, 0.3) is 0 Å². The van der Waals surface area contributed by atoms with Gasteiger partial charge in [0.1, 0.15) is 6.04 Å². The summed E-state index contributed by atoms with van der Waals surface area (Å²) in [6, 6.07) is -0.404. The molecule has 0 fully saturated rings. The first kappa shape index (κ1) is 20.4. The summed E-state index contributed by atoms with van der Waals surface area (Å²) >= 11 is 0. The first-order chi connectivity index (χ1) is 9.93. The van der Waals surface area contributed by atoms with Gasteiger partial charge in [0.2, 0.25) is 0 Å². The smallest absolute Gasteiger partial charge is 0.126 e. The second-order valence-corrected chi connectivity index (χ2v) is 7.07. The van der Waals surface area contributed by atoms with E-state index in [-0.39, 0.29) is 5.54 Å². The van der Waals surface area contributed by atoms with E-state index in [0.717, 1.165) is 6.42 Å². The number of carbonyl (C=O) groups excluding carboxylic acids is 1. The van der Waals surface area contributed by atoms with E-state index in [0.29, 0.717) is 6.42 Å². The Morgan fingerprint density at radius 3 is 1.86 bits per heavy atom. The number of quaternary nitrogens is 1. The normalized spacial score (nSPS) is 13.3. The van der Waals surface area contributed by atoms with Crippen LogP contribution >= 0.6 is 0 Å². The number of nitrogens with two attached hydrogens (primary N) is 1. The molecule has 0 rings (SSSR count). The highest BCUT2D eigenvalue weighted by molar-refractivity contribution is 5.69. The maximum Gasteiger partial charge on any atom is 0.126 e. The summed E-state index contributed by atoms with van der Waals surface area (Å²) in [5, 5.41) is 13.0. The van der Waals surface area contributed by atoms with Crippen molar-refractivity contribution >= 4 is 5.97 Å². The molecule has 0 radical (unpaired) electrons. The van der Waals surface area contributed by atoms with Crippen molar-refractivity contribution in [1.29, 1.82) is 0 Å². The third kappa shape index (κ3) is 11.7. The van der Waals surface area contributed by atoms with Gasteiger partial charge in [0.25, 0.3) is 0 Å². The van der Waals surface area contributed by atoms with Crippen LogP contribution in [0.3, 0.4) is 0 Å². The van der Waals surface area contributed by atoms with Gasteiger partial charge in [0.15, 0.2) is 0 Å². The molecule has 2 N–H and O–H groups in total. The summed E-state index contributed by atoms with van der Waals surface area (Å²) in [7, 11) is 0. The number of hydrogen-bond donors (Lipinski definition) is 1. The minimum absolute atomic E-state index is 0.00186. The van der Waals surface area contributed by atoms with Gasteiger partial charge < -0.3 is 15.2 Å². The van der Waals surface area contributed by atoms with Gasteiger partial charge in [-0.2, -0.15) is 0 Å². The molecule has 1 unspecified atom stereocenters. The van der Waals surface area contributed by atoms with E-state index in [1.54, 1.807) is 0 Å². The first-order valence-electron chi connectivity index (χ1n) is 8.99. The molecule has 1 atom stereocenters. The van der Waals surface area contributed by atoms with Crippen molar-refractivity contribution < 1.29 is 15.2 Å². The van der Waals surface area contributed by atoms with Crippen LogP contribution in [0.15, 0.2) is 0 Å². The highest BCUT2D eigenvalue weighted by Gasteiger charge is 2.25. The Morgan fingerprint density at radius 2 is 1.43 bits per heavy atom. The molecule has 0 spiro atoms. The molecule has 0 aliphatic heterocycles. The van der Waals surface area contributed by atoms with Gasteiger partial charge in [-0.3, -0.25) is 0 Å². The maximum atomic E-state index is 11.0. The summed E-state index contributed by atoms with van der Waals surface area (Å²) in [5.74, 6) is -0.933. The van der Waals surface area contributed by atoms with E-state index in [1.807, 2.05) is 12.2 Å². The van der Waals surface area contributed by atoms with Crippen molar-refractivity contribution in [3.63, 3.8) is 0 Å². The summed E-state index contributed by atoms with van der Waals surface area (Å²) in [5.41, 5.74) is 0.00186. The van der Waals surface area contributed by atoms with E-state index in [2.05, 4.69) is 20.8 Å². The lowest BCUT2D eigenvalue weighted by atomic mass is 9.94. The molecule has 0 heterocycles. The third-order valence-electron chi connectivity index (χ3n) is 4.32. The number of hydrogen-bond acceptors (Lipinski definition) is 2. The lowest BCUT2D eigenvalue weighted by Crippen LogP contribution is -3.01. The first-order valence-corrected chi connectivity index (χ1v) is 8.99. The fraction of sp³-hybridized carbons (Fsp3) is 0.944. The fourth-order valence-electron chi connectivity index (χ4n) is 2.87. The third-order valence-corrected chi connectivity index (χ3v) is 4.32. The molecular weight excluding hydrogens is 262 g/mol. The Morgan fingerprint density at radius 1 is 0.952 bits per heavy atom. The molecule has 21 heavy (non-hydrogen) atoms. The Kier molecular flexibility index (Phi) is 11.7. The van der Waals surface area contributed by atoms with Crippen LogP contribution in [0.5, 0.6) is 0 Å². The van der Waals surface area contributed by atoms with Crippen LogP contribution in [0.4, 0.5) is 0 Å². The molecule has 0 saturated heterocycles. The molecule has 0 aliphatic carbocycles. The highest BCUT2D eigenvalue weighted by Crippen LogP contribution is 2.14. The van der Waals surface area contributed by atoms with Crippen molar-refractivity contribution in [1.82, 2.24) is 0 Å². The number of carboxylic acids is 1. The van der Waals surface area contributed by atoms with Crippen molar-refractivity contribution in [2.75, 3.05) is 0 Å². The molecule has 126 valence electrons. The lowest BCUT2D eigenvalue weighted by Gasteiger charge is -2.28. The van der Waals surface area contributed by atoms with Gasteiger partial charge in [-0.15, -0.1) is 0 Å². The Balaban J connectivity index is 3.63. The zero-order valence-corrected chi connectivity index (χ0v) is 14.7. The summed E-state index contributed by atoms with van der Waals surface area (Å²) in [4.78, 5) is 11.0. The molecule has 0 aromatic carbocycles. The van der Waals surface area contributed by atoms with Gasteiger partial charge in [-0.25, -0.2) is 0 Å². The fourth-order valence-corrected chi connectivity index (χ4v) is 2.87. The zero-order valence-electron chi connectivity index (χ0n) is 14.7. The number of carbonyl (C=O) groups is 1. The quantitative estimate of drug-likeness (QED) is 0.501. The van der Waals surface area contributed by atoms with Crippen LogP contribution < -0.4 is 10.4 Å². The summed E-state index contributed by atoms with van der Waals surface area (Å²) < 4.78 is 0. The van der Waals surface area contributed by atoms with Gasteiger partial charge in [-0.05, 0) is 20.3 Å². The average molecular weight is 299 g/mol. The van der Waals surface area contributed by atoms with Crippen molar-refractivity contribution in [2.45, 2.75) is 110 Å². The van der Waals surface area contributed by atoms with Crippen molar-refractivity contribution in [3.8, 4) is 0 Å². The Hall–Kier alpha value is -0.570. The van der Waals surface area contributed by atoms with Crippen molar-refractivity contribution in [3.05, 3.63) is 0 Å². The predicted molar refractivity (Wildman–Crippen MR) is 86.9 cm³/mol. The molecule has 3 nitrogen and oxygen atoms in total. The van der Waals surface area contributed by atoms with Gasteiger partial charge in [0, 0.05) is 12.8 Å². The second kappa shape index (κ2) is 12.0. The monoisotopic (exact) mass is 299 g/mol. The van der Waals surface area contributed by atoms with Gasteiger partial charge >= 0.3 is 0 Å². The number of rotatable bonds is 14. The number of aliphatic carboxylic acids is 1. The Labute approximate surface area is 131 Å². The molecule has 0 amide bonds. The molecule has 0 aromatic rings. The van der Waals surface area contributed by atoms with Crippen LogP contribution in [0.2, 0.25) is 0 Å². The van der Waals surface area contributed by atoms with E-state index >= 15 is 0 Å². The van der Waals surface area contributed by atoms with Gasteiger partial charge in [-0.1, -0.05) is 65.2 Å². The zero-order chi connectivity index (χ0) is 16.1. The van der Waals surface area contributed by atoms with Crippen LogP contribution in [0, 0.1) is 0 Å². The number of carboxylic acid groups (broad SMARTS) is 1. The topological polar surface area (TPSA) is 56.7 Å². The average Bonchev–Trinajstić information content (AvgIpc) is 2.42. The van der Waals surface area contributed by atoms with Crippen molar-refractivity contribution in [2.24, 2.45) is 0 Å². The maximum absolute atomic E-state index is 11.0. The van der Waals surface area contributed by atoms with Crippen LogP contribution in [-0.4, -0.2) is 17.6 Å². The molecular formula is C18H37NO2. The minimum atomic E-state index is -0.933. The minimum Gasteiger partial charge on any atom is -0.544 e. The number of unbranched alkanes of at least 4 members (excludes halogenated alkanes) is 8. The highest BCUT2D eigenvalue weighted by atomic mass is 16.4. The van der Waals surface area contributed by atoms with E-state index < -0.39 is 12.0 Å². The SMILES string of the molecule is CCCCCCCCCCCC(C)(C)[NH2+]C(CC)C(=O)[O-]. The van der Waals surface area contributed by atoms with Crippen LogP contribution in [0.1, 0.15) is 98.3 Å². The van der Waals surface area contributed by atoms with Gasteiger partial charge in [0.05, 0.1) is 11.5 Å². The largest absolute Gasteiger partial charge is 0.544 e. The Bertz CT molecular complexity index is 264. The molecule has 0 aromatic heterocycles. The van der Waals surface area contributed by atoms with Crippen LogP contribution in [-0.2, 0) is 4.79 Å². The second-order valence-electron chi connectivity index (χ2n) is 7.07. The van der Waals surface area contributed by atoms with E-state index in [4.69, 9.17) is 0 Å². The summed E-state index contributed by atoms with van der Waals surface area (Å²) in [6.07, 6.45) is 13.7. The predicted octanol–water partition coefficient (Wildman–Crippen LogP) is 2.78. The molecule has 3 heteroatoms.